The molecule has 1 amide bonds. The summed E-state index contributed by atoms with van der Waals surface area (Å²) in [6.45, 7) is 2.92. The van der Waals surface area contributed by atoms with Crippen LogP contribution in [0.25, 0.3) is 11.0 Å². The summed E-state index contributed by atoms with van der Waals surface area (Å²) in [5.74, 6) is 1.30. The van der Waals surface area contributed by atoms with Gasteiger partial charge in [0.05, 0.1) is 17.6 Å². The molecule has 30 heavy (non-hydrogen) atoms. The van der Waals surface area contributed by atoms with Crippen LogP contribution in [0.15, 0.2) is 47.3 Å². The molecule has 1 aromatic heterocycles. The summed E-state index contributed by atoms with van der Waals surface area (Å²) in [6, 6.07) is 13.3. The summed E-state index contributed by atoms with van der Waals surface area (Å²) in [6.07, 6.45) is 1.66. The van der Waals surface area contributed by atoms with E-state index in [0.717, 1.165) is 37.0 Å². The van der Waals surface area contributed by atoms with Gasteiger partial charge in [-0.25, -0.2) is 4.79 Å². The number of carbonyl (C=O) groups is 1. The number of piperidine rings is 1. The molecule has 2 aromatic carbocycles. The van der Waals surface area contributed by atoms with E-state index in [-0.39, 0.29) is 17.6 Å². The maximum atomic E-state index is 12.5. The second kappa shape index (κ2) is 7.87. The molecule has 3 aromatic rings. The fourth-order valence-corrected chi connectivity index (χ4v) is 4.30. The molecule has 0 radical (unpaired) electrons. The van der Waals surface area contributed by atoms with Gasteiger partial charge in [-0.3, -0.25) is 14.3 Å². The number of amides is 1. The van der Waals surface area contributed by atoms with Crippen molar-refractivity contribution in [1.29, 1.82) is 0 Å². The molecular formula is C22H24N4O4. The normalized spacial score (nSPS) is 17.2. The maximum absolute atomic E-state index is 12.5. The van der Waals surface area contributed by atoms with Gasteiger partial charge in [0, 0.05) is 30.9 Å². The maximum Gasteiger partial charge on any atom is 0.326 e. The average molecular weight is 408 g/mol. The Labute approximate surface area is 173 Å². The number of aromatic nitrogens is 2. The lowest BCUT2D eigenvalue weighted by Gasteiger charge is -2.32. The van der Waals surface area contributed by atoms with Crippen LogP contribution in [0.3, 0.4) is 0 Å². The fourth-order valence-electron chi connectivity index (χ4n) is 4.30. The zero-order valence-electron chi connectivity index (χ0n) is 16.6. The molecule has 0 unspecified atom stereocenters. The minimum Gasteiger partial charge on any atom is -0.486 e. The highest BCUT2D eigenvalue weighted by molar-refractivity contribution is 5.92. The van der Waals surface area contributed by atoms with Crippen molar-refractivity contribution < 1.29 is 14.3 Å². The Morgan fingerprint density at radius 2 is 1.83 bits per heavy atom. The number of carbonyl (C=O) groups excluding carboxylic acids is 1. The third-order valence-electron chi connectivity index (χ3n) is 5.74. The van der Waals surface area contributed by atoms with Crippen LogP contribution in [0, 0.1) is 0 Å². The quantitative estimate of drug-likeness (QED) is 0.692. The Balaban J connectivity index is 1.18. The van der Waals surface area contributed by atoms with Gasteiger partial charge in [-0.2, -0.15) is 0 Å². The molecule has 1 saturated heterocycles. The summed E-state index contributed by atoms with van der Waals surface area (Å²) in [7, 11) is 0. The van der Waals surface area contributed by atoms with Crippen molar-refractivity contribution in [2.45, 2.75) is 18.9 Å². The van der Waals surface area contributed by atoms with Crippen molar-refractivity contribution in [2.24, 2.45) is 0 Å². The molecule has 1 fully saturated rings. The van der Waals surface area contributed by atoms with Crippen LogP contribution in [0.4, 0.5) is 5.69 Å². The molecule has 2 N–H and O–H groups in total. The first-order chi connectivity index (χ1) is 14.7. The first-order valence-electron chi connectivity index (χ1n) is 10.3. The number of anilines is 1. The molecule has 156 valence electrons. The van der Waals surface area contributed by atoms with Crippen LogP contribution < -0.4 is 20.5 Å². The number of hydrogen-bond acceptors (Lipinski definition) is 5. The number of imidazole rings is 1. The summed E-state index contributed by atoms with van der Waals surface area (Å²) >= 11 is 0. The summed E-state index contributed by atoms with van der Waals surface area (Å²) in [5.41, 5.74) is 2.44. The van der Waals surface area contributed by atoms with Gasteiger partial charge in [0.1, 0.15) is 13.2 Å². The van der Waals surface area contributed by atoms with Crippen LogP contribution >= 0.6 is 0 Å². The van der Waals surface area contributed by atoms with E-state index in [9.17, 15) is 9.59 Å². The predicted octanol–water partition coefficient (Wildman–Crippen LogP) is 2.38. The SMILES string of the molecule is O=C(CN1CCC(n2c(=O)[nH]c3ccccc32)CC1)Nc1ccc2c(c1)OCCO2. The number of nitrogens with one attached hydrogen (secondary N) is 2. The van der Waals surface area contributed by atoms with Crippen molar-refractivity contribution in [1.82, 2.24) is 14.5 Å². The number of hydrogen-bond donors (Lipinski definition) is 2. The van der Waals surface area contributed by atoms with Crippen molar-refractivity contribution in [3.8, 4) is 11.5 Å². The largest absolute Gasteiger partial charge is 0.486 e. The smallest absolute Gasteiger partial charge is 0.326 e. The van der Waals surface area contributed by atoms with Crippen LogP contribution in [-0.2, 0) is 4.79 Å². The lowest BCUT2D eigenvalue weighted by atomic mass is 10.0. The number of nitrogens with zero attached hydrogens (tertiary/aromatic N) is 2. The molecule has 0 saturated carbocycles. The number of likely N-dealkylation sites (tertiary alicyclic amines) is 1. The Morgan fingerprint density at radius 3 is 2.67 bits per heavy atom. The zero-order valence-corrected chi connectivity index (χ0v) is 16.6. The number of para-hydroxylation sites is 2. The highest BCUT2D eigenvalue weighted by Crippen LogP contribution is 2.32. The number of benzene rings is 2. The van der Waals surface area contributed by atoms with E-state index in [1.54, 1.807) is 6.07 Å². The molecule has 0 spiro atoms. The van der Waals surface area contributed by atoms with Crippen molar-refractivity contribution in [3.05, 3.63) is 52.9 Å². The van der Waals surface area contributed by atoms with Gasteiger partial charge in [-0.1, -0.05) is 12.1 Å². The van der Waals surface area contributed by atoms with Gasteiger partial charge < -0.3 is 19.8 Å². The molecule has 2 aliphatic heterocycles. The first kappa shape index (κ1) is 18.7. The number of fused-ring (bicyclic) bond motifs is 2. The highest BCUT2D eigenvalue weighted by atomic mass is 16.6. The van der Waals surface area contributed by atoms with E-state index in [1.165, 1.54) is 0 Å². The van der Waals surface area contributed by atoms with E-state index in [0.29, 0.717) is 36.9 Å². The minimum absolute atomic E-state index is 0.0608. The molecular weight excluding hydrogens is 384 g/mol. The van der Waals surface area contributed by atoms with Crippen LogP contribution in [-0.4, -0.2) is 53.2 Å². The van der Waals surface area contributed by atoms with Gasteiger partial charge in [0.2, 0.25) is 5.91 Å². The Hall–Kier alpha value is -3.26. The predicted molar refractivity (Wildman–Crippen MR) is 113 cm³/mol. The standard InChI is InChI=1S/C22H24N4O4/c27-21(23-15-5-6-19-20(13-15)30-12-11-29-19)14-25-9-7-16(8-10-25)26-18-4-2-1-3-17(18)24-22(26)28/h1-6,13,16H,7-12,14H2,(H,23,27)(H,24,28). The number of rotatable bonds is 4. The Bertz CT molecular complexity index is 1130. The molecule has 5 rings (SSSR count). The van der Waals surface area contributed by atoms with E-state index >= 15 is 0 Å². The van der Waals surface area contributed by atoms with Crippen molar-refractivity contribution in [3.63, 3.8) is 0 Å². The lowest BCUT2D eigenvalue weighted by Crippen LogP contribution is -2.41. The first-order valence-corrected chi connectivity index (χ1v) is 10.3. The minimum atomic E-state index is -0.0639. The summed E-state index contributed by atoms with van der Waals surface area (Å²) in [5, 5.41) is 2.94. The topological polar surface area (TPSA) is 88.6 Å². The van der Waals surface area contributed by atoms with Crippen molar-refractivity contribution >= 4 is 22.6 Å². The molecule has 8 nitrogen and oxygen atoms in total. The molecule has 3 heterocycles. The molecule has 2 aliphatic rings. The highest BCUT2D eigenvalue weighted by Gasteiger charge is 2.24. The molecule has 0 bridgehead atoms. The van der Waals surface area contributed by atoms with E-state index in [4.69, 9.17) is 9.47 Å². The molecule has 0 atom stereocenters. The molecule has 0 aliphatic carbocycles. The second-order valence-corrected chi connectivity index (χ2v) is 7.73. The van der Waals surface area contributed by atoms with E-state index < -0.39 is 0 Å². The van der Waals surface area contributed by atoms with E-state index in [2.05, 4.69) is 15.2 Å². The van der Waals surface area contributed by atoms with E-state index in [1.807, 2.05) is 41.0 Å². The number of aromatic amines is 1. The zero-order chi connectivity index (χ0) is 20.5. The van der Waals surface area contributed by atoms with Gasteiger partial charge >= 0.3 is 5.69 Å². The third-order valence-corrected chi connectivity index (χ3v) is 5.74. The fraction of sp³-hybridized carbons (Fsp3) is 0.364. The monoisotopic (exact) mass is 408 g/mol. The van der Waals surface area contributed by atoms with Gasteiger partial charge in [-0.05, 0) is 37.1 Å². The molecule has 8 heteroatoms. The summed E-state index contributed by atoms with van der Waals surface area (Å²) in [4.78, 5) is 30.0. The third kappa shape index (κ3) is 3.66. The summed E-state index contributed by atoms with van der Waals surface area (Å²) < 4.78 is 12.9. The van der Waals surface area contributed by atoms with Gasteiger partial charge in [-0.15, -0.1) is 0 Å². The number of ether oxygens (including phenoxy) is 2. The number of H-pyrrole nitrogens is 1. The van der Waals surface area contributed by atoms with Gasteiger partial charge in [0.15, 0.2) is 11.5 Å². The van der Waals surface area contributed by atoms with Gasteiger partial charge in [0.25, 0.3) is 0 Å². The average Bonchev–Trinajstić information content (AvgIpc) is 3.10. The second-order valence-electron chi connectivity index (χ2n) is 7.73. The Kier molecular flexibility index (Phi) is 4.92. The van der Waals surface area contributed by atoms with Crippen LogP contribution in [0.2, 0.25) is 0 Å². The van der Waals surface area contributed by atoms with Crippen LogP contribution in [0.5, 0.6) is 11.5 Å². The lowest BCUT2D eigenvalue weighted by molar-refractivity contribution is -0.117. The van der Waals surface area contributed by atoms with Crippen molar-refractivity contribution in [2.75, 3.05) is 38.2 Å². The Morgan fingerprint density at radius 1 is 1.07 bits per heavy atom. The van der Waals surface area contributed by atoms with Crippen LogP contribution in [0.1, 0.15) is 18.9 Å².